The summed E-state index contributed by atoms with van der Waals surface area (Å²) in [5.41, 5.74) is 2.27. The molecule has 2 aromatic heterocycles. The summed E-state index contributed by atoms with van der Waals surface area (Å²) in [6.07, 6.45) is 6.77. The largest absolute Gasteiger partial charge is 0.444 e. The molecule has 4 aromatic rings. The first-order chi connectivity index (χ1) is 25.9. The molecular weight excluding hydrogens is 838 g/mol. The number of aldehydes is 1. The number of ether oxygens (including phenoxy) is 2. The van der Waals surface area contributed by atoms with Crippen LogP contribution >= 0.6 is 58.8 Å². The molecule has 0 aliphatic carbocycles. The van der Waals surface area contributed by atoms with Crippen molar-refractivity contribution in [2.45, 2.75) is 66.7 Å². The summed E-state index contributed by atoms with van der Waals surface area (Å²) in [4.78, 5) is 40.3. The molecule has 2 aliphatic rings. The Balaban J connectivity index is 0.000000318. The molecule has 2 fully saturated rings. The molecule has 314 valence electrons. The van der Waals surface area contributed by atoms with Crippen molar-refractivity contribution in [3.63, 3.8) is 0 Å². The van der Waals surface area contributed by atoms with Crippen LogP contribution in [0.15, 0.2) is 61.2 Å². The molecule has 18 heteroatoms. The maximum atomic E-state index is 12.2. The molecule has 2 amide bonds. The van der Waals surface area contributed by atoms with Crippen LogP contribution in [0.25, 0.3) is 11.4 Å². The maximum absolute atomic E-state index is 12.2. The Bertz CT molecular complexity index is 1900. The monoisotopic (exact) mass is 888 g/mol. The van der Waals surface area contributed by atoms with Gasteiger partial charge in [0.2, 0.25) is 0 Å². The minimum absolute atomic E-state index is 0. The van der Waals surface area contributed by atoms with E-state index in [0.29, 0.717) is 44.4 Å². The van der Waals surface area contributed by atoms with E-state index < -0.39 is 5.60 Å². The molecule has 2 aromatic carbocycles. The summed E-state index contributed by atoms with van der Waals surface area (Å²) in [6, 6.07) is 10.7. The molecule has 2 saturated heterocycles. The van der Waals surface area contributed by atoms with Crippen LogP contribution in [-0.4, -0.2) is 116 Å². The van der Waals surface area contributed by atoms with Gasteiger partial charge in [0.25, 0.3) is 0 Å². The lowest BCUT2D eigenvalue weighted by Gasteiger charge is -2.35. The number of hydrogen-bond donors (Lipinski definition) is 1. The van der Waals surface area contributed by atoms with E-state index in [9.17, 15) is 14.4 Å². The van der Waals surface area contributed by atoms with Gasteiger partial charge < -0.3 is 24.6 Å². The first kappa shape index (κ1) is 49.6. The van der Waals surface area contributed by atoms with Gasteiger partial charge in [-0.05, 0) is 77.4 Å². The van der Waals surface area contributed by atoms with Crippen LogP contribution in [0.5, 0.6) is 0 Å². The molecule has 0 saturated carbocycles. The fraction of sp³-hybridized carbons (Fsp3) is 0.462. The predicted octanol–water partition coefficient (Wildman–Crippen LogP) is 9.11. The summed E-state index contributed by atoms with van der Waals surface area (Å²) in [6.45, 7) is 18.1. The van der Waals surface area contributed by atoms with Gasteiger partial charge in [-0.25, -0.2) is 19.0 Å². The van der Waals surface area contributed by atoms with Crippen LogP contribution in [0, 0.1) is 0 Å². The van der Waals surface area contributed by atoms with Crippen LogP contribution in [0.2, 0.25) is 20.1 Å². The van der Waals surface area contributed by atoms with Gasteiger partial charge in [0.15, 0.2) is 6.29 Å². The molecule has 0 spiro atoms. The highest BCUT2D eigenvalue weighted by Gasteiger charge is 2.26. The van der Waals surface area contributed by atoms with Crippen molar-refractivity contribution >= 4 is 77.3 Å². The van der Waals surface area contributed by atoms with Crippen molar-refractivity contribution in [3.8, 4) is 11.4 Å². The highest BCUT2D eigenvalue weighted by atomic mass is 35.5. The number of nitrogens with one attached hydrogen (secondary N) is 1. The molecule has 0 unspecified atom stereocenters. The van der Waals surface area contributed by atoms with Crippen molar-refractivity contribution in [2.75, 3.05) is 52.4 Å². The fourth-order valence-corrected chi connectivity index (χ4v) is 6.00. The molecule has 2 aliphatic heterocycles. The number of amides is 2. The SMILES string of the molecule is C.CC(C)(C)OC(=O)N1CCN(Cc2ccc(Cl)cc2-n2cc(Cl)cn2)CC1.CC(C)(C)OC(=O)N1CCNCC1.Cl.O=Cc1ccc(Cl)cc1-n1cc(Cl)cn1. The zero-order valence-electron chi connectivity index (χ0n) is 32.3. The Labute approximate surface area is 361 Å². The second-order valence-electron chi connectivity index (χ2n) is 14.8. The average molecular weight is 891 g/mol. The molecule has 13 nitrogen and oxygen atoms in total. The topological polar surface area (TPSA) is 127 Å². The Hall–Kier alpha value is -3.56. The molecule has 4 heterocycles. The second kappa shape index (κ2) is 22.6. The number of nitrogens with zero attached hydrogens (tertiary/aromatic N) is 7. The number of aromatic nitrogens is 4. The summed E-state index contributed by atoms with van der Waals surface area (Å²) in [5.74, 6) is 0. The zero-order chi connectivity index (χ0) is 40.3. The minimum atomic E-state index is -0.475. The molecule has 57 heavy (non-hydrogen) atoms. The third kappa shape index (κ3) is 16.3. The summed E-state index contributed by atoms with van der Waals surface area (Å²) in [7, 11) is 0. The Morgan fingerprint density at radius 1 is 0.702 bits per heavy atom. The number of rotatable bonds is 5. The number of halogens is 5. The molecule has 0 radical (unpaired) electrons. The number of hydrogen-bond acceptors (Lipinski definition) is 9. The van der Waals surface area contributed by atoms with Crippen molar-refractivity contribution in [3.05, 3.63) is 92.4 Å². The number of piperazine rings is 2. The minimum Gasteiger partial charge on any atom is -0.444 e. The van der Waals surface area contributed by atoms with E-state index in [1.807, 2.05) is 59.7 Å². The second-order valence-corrected chi connectivity index (χ2v) is 16.5. The van der Waals surface area contributed by atoms with Crippen LogP contribution < -0.4 is 5.32 Å². The predicted molar refractivity (Wildman–Crippen MR) is 230 cm³/mol. The van der Waals surface area contributed by atoms with Gasteiger partial charge in [0.1, 0.15) is 11.2 Å². The van der Waals surface area contributed by atoms with Crippen molar-refractivity contribution in [2.24, 2.45) is 0 Å². The van der Waals surface area contributed by atoms with Gasteiger partial charge in [0.05, 0.1) is 33.8 Å². The molecule has 0 bridgehead atoms. The summed E-state index contributed by atoms with van der Waals surface area (Å²) < 4.78 is 13.9. The van der Waals surface area contributed by atoms with E-state index in [1.54, 1.807) is 51.3 Å². The lowest BCUT2D eigenvalue weighted by atomic mass is 10.1. The highest BCUT2D eigenvalue weighted by molar-refractivity contribution is 6.31. The lowest BCUT2D eigenvalue weighted by Crippen LogP contribution is -2.49. The van der Waals surface area contributed by atoms with E-state index in [-0.39, 0.29) is 37.6 Å². The van der Waals surface area contributed by atoms with E-state index in [4.69, 9.17) is 55.9 Å². The van der Waals surface area contributed by atoms with Crippen molar-refractivity contribution in [1.82, 2.24) is 39.6 Å². The smallest absolute Gasteiger partial charge is 0.410 e. The highest BCUT2D eigenvalue weighted by Crippen LogP contribution is 2.24. The quantitative estimate of drug-likeness (QED) is 0.195. The summed E-state index contributed by atoms with van der Waals surface area (Å²) >= 11 is 23.8. The van der Waals surface area contributed by atoms with Crippen molar-refractivity contribution in [1.29, 1.82) is 0 Å². The number of benzene rings is 2. The number of carbonyl (C=O) groups excluding carboxylic acids is 3. The third-order valence-electron chi connectivity index (χ3n) is 7.95. The van der Waals surface area contributed by atoms with Crippen LogP contribution in [0.4, 0.5) is 9.59 Å². The van der Waals surface area contributed by atoms with Crippen molar-refractivity contribution < 1.29 is 23.9 Å². The molecule has 0 atom stereocenters. The molecular formula is C39H53Cl5N8O5. The Morgan fingerprint density at radius 3 is 1.61 bits per heavy atom. The van der Waals surface area contributed by atoms with Gasteiger partial charge in [-0.15, -0.1) is 12.4 Å². The van der Waals surface area contributed by atoms with Gasteiger partial charge in [0, 0.05) is 86.9 Å². The van der Waals surface area contributed by atoms with Crippen LogP contribution in [-0.2, 0) is 16.0 Å². The van der Waals surface area contributed by atoms with Crippen LogP contribution in [0.1, 0.15) is 64.9 Å². The van der Waals surface area contributed by atoms with Crippen LogP contribution in [0.3, 0.4) is 0 Å². The van der Waals surface area contributed by atoms with Gasteiger partial charge in [-0.3, -0.25) is 9.69 Å². The van der Waals surface area contributed by atoms with E-state index >= 15 is 0 Å². The zero-order valence-corrected chi connectivity index (χ0v) is 36.1. The standard InChI is InChI=1S/C19H24Cl2N4O2.C10H6Cl2N2O.C9H18N2O2.CH4.ClH/c1-19(2,3)27-18(26)24-8-6-23(7-9-24)12-14-4-5-15(20)10-17(14)25-13-16(21)11-22-25;11-8-2-1-7(6-15)10(3-8)14-5-9(12)4-13-14;1-9(2,3)13-8(12)11-6-4-10-5-7-11;;/h4-5,10-11,13H,6-9,12H2,1-3H3;1-6H;10H,4-7H2,1-3H3;1H4;1H. The van der Waals surface area contributed by atoms with E-state index in [0.717, 1.165) is 63.4 Å². The average Bonchev–Trinajstić information content (AvgIpc) is 3.76. The Kier molecular flexibility index (Phi) is 19.6. The third-order valence-corrected chi connectivity index (χ3v) is 8.81. The fourth-order valence-electron chi connectivity index (χ4n) is 5.39. The first-order valence-corrected chi connectivity index (χ1v) is 19.2. The van der Waals surface area contributed by atoms with Gasteiger partial charge in [-0.2, -0.15) is 10.2 Å². The van der Waals surface area contributed by atoms with Gasteiger partial charge >= 0.3 is 12.2 Å². The van der Waals surface area contributed by atoms with Gasteiger partial charge in [-0.1, -0.05) is 59.9 Å². The number of carbonyl (C=O) groups is 3. The summed E-state index contributed by atoms with van der Waals surface area (Å²) in [5, 5.41) is 13.7. The normalized spacial score (nSPS) is 14.4. The van der Waals surface area contributed by atoms with E-state index in [2.05, 4.69) is 20.4 Å². The maximum Gasteiger partial charge on any atom is 0.410 e. The van der Waals surface area contributed by atoms with E-state index in [1.165, 1.54) is 10.9 Å². The Morgan fingerprint density at radius 2 is 1.16 bits per heavy atom. The molecule has 6 rings (SSSR count). The first-order valence-electron chi connectivity index (χ1n) is 17.7. The lowest BCUT2D eigenvalue weighted by molar-refractivity contribution is 0.0138. The molecule has 1 N–H and O–H groups in total.